The lowest BCUT2D eigenvalue weighted by Crippen LogP contribution is -2.45. The van der Waals surface area contributed by atoms with Crippen molar-refractivity contribution in [2.45, 2.75) is 83.8 Å². The molecule has 1 aliphatic heterocycles. The van der Waals surface area contributed by atoms with Crippen LogP contribution in [0.5, 0.6) is 0 Å². The van der Waals surface area contributed by atoms with Crippen molar-refractivity contribution < 1.29 is 9.53 Å². The number of hydrogen-bond acceptors (Lipinski definition) is 7. The van der Waals surface area contributed by atoms with E-state index in [2.05, 4.69) is 20.2 Å². The highest BCUT2D eigenvalue weighted by Crippen LogP contribution is 2.25. The minimum absolute atomic E-state index is 0.150. The van der Waals surface area contributed by atoms with Crippen LogP contribution in [-0.2, 0) is 4.74 Å². The number of likely N-dealkylation sites (tertiary alicyclic amines) is 1. The maximum atomic E-state index is 12.9. The third-order valence-electron chi connectivity index (χ3n) is 6.49. The predicted molar refractivity (Wildman–Crippen MR) is 134 cm³/mol. The molecule has 0 spiro atoms. The summed E-state index contributed by atoms with van der Waals surface area (Å²) in [6, 6.07) is 1.87. The second-order valence-electron chi connectivity index (χ2n) is 10.4. The molecular weight excluding hydrogens is 440 g/mol. The molecule has 0 aromatic carbocycles. The smallest absolute Gasteiger partial charge is 0.410 e. The first-order valence-electron chi connectivity index (χ1n) is 12.5. The molecule has 3 rings (SSSR count). The largest absolute Gasteiger partial charge is 0.444 e. The molecule has 0 atom stereocenters. The van der Waals surface area contributed by atoms with Crippen LogP contribution >= 0.6 is 11.6 Å². The van der Waals surface area contributed by atoms with Crippen LogP contribution in [-0.4, -0.2) is 70.2 Å². The van der Waals surface area contributed by atoms with Crippen molar-refractivity contribution in [1.82, 2.24) is 19.8 Å². The average molecular weight is 481 g/mol. The number of nitrogens with zero attached hydrogens (tertiary/aromatic N) is 4. The van der Waals surface area contributed by atoms with Gasteiger partial charge in [-0.15, -0.1) is 0 Å². The van der Waals surface area contributed by atoms with E-state index in [1.54, 1.807) is 6.07 Å². The van der Waals surface area contributed by atoms with Crippen LogP contribution in [0, 0.1) is 5.92 Å². The number of piperidine rings is 1. The summed E-state index contributed by atoms with van der Waals surface area (Å²) in [4.78, 5) is 25.8. The summed E-state index contributed by atoms with van der Waals surface area (Å²) < 4.78 is 5.73. The van der Waals surface area contributed by atoms with Gasteiger partial charge in [-0.2, -0.15) is 4.98 Å². The standard InChI is InChI=1S/C24H41ClN6O2/c1-24(2,3)33-23(32)31(19-8-5-4-6-9-19)13-7-12-30-14-10-18(11-15-30)17-27-22-28-20(25)16-21(26)29-22/h16,18-19H,4-15,17H2,1-3H3,(H3,26,27,28,29). The Kier molecular flexibility index (Phi) is 9.44. The molecule has 33 heavy (non-hydrogen) atoms. The summed E-state index contributed by atoms with van der Waals surface area (Å²) >= 11 is 5.95. The van der Waals surface area contributed by atoms with Gasteiger partial charge in [-0.25, -0.2) is 9.78 Å². The number of amides is 1. The number of carbonyl (C=O) groups is 1. The van der Waals surface area contributed by atoms with Crippen molar-refractivity contribution in [3.05, 3.63) is 11.2 Å². The lowest BCUT2D eigenvalue weighted by atomic mass is 9.94. The van der Waals surface area contributed by atoms with Gasteiger partial charge in [-0.1, -0.05) is 30.9 Å². The van der Waals surface area contributed by atoms with E-state index in [1.165, 1.54) is 19.3 Å². The average Bonchev–Trinajstić information content (AvgIpc) is 2.75. The molecule has 2 aliphatic rings. The van der Waals surface area contributed by atoms with Crippen LogP contribution in [0.1, 0.15) is 72.1 Å². The van der Waals surface area contributed by atoms with Crippen LogP contribution in [0.3, 0.4) is 0 Å². The highest BCUT2D eigenvalue weighted by Gasteiger charge is 2.29. The van der Waals surface area contributed by atoms with Gasteiger partial charge in [0.15, 0.2) is 0 Å². The number of nitrogens with one attached hydrogen (secondary N) is 1. The van der Waals surface area contributed by atoms with Crippen molar-refractivity contribution >= 4 is 29.5 Å². The van der Waals surface area contributed by atoms with Gasteiger partial charge in [-0.3, -0.25) is 0 Å². The fourth-order valence-electron chi connectivity index (χ4n) is 4.76. The van der Waals surface area contributed by atoms with Gasteiger partial charge >= 0.3 is 6.09 Å². The fourth-order valence-corrected chi connectivity index (χ4v) is 4.96. The first-order valence-corrected chi connectivity index (χ1v) is 12.8. The van der Waals surface area contributed by atoms with Crippen molar-refractivity contribution in [1.29, 1.82) is 0 Å². The number of nitrogens with two attached hydrogens (primary N) is 1. The molecule has 8 nitrogen and oxygen atoms in total. The molecule has 1 amide bonds. The van der Waals surface area contributed by atoms with E-state index in [-0.39, 0.29) is 6.09 Å². The lowest BCUT2D eigenvalue weighted by molar-refractivity contribution is 0.0111. The third kappa shape index (κ3) is 8.81. The van der Waals surface area contributed by atoms with Gasteiger partial charge in [0.2, 0.25) is 5.95 Å². The van der Waals surface area contributed by atoms with Crippen LogP contribution < -0.4 is 11.1 Å². The van der Waals surface area contributed by atoms with Gasteiger partial charge in [0.25, 0.3) is 0 Å². The lowest BCUT2D eigenvalue weighted by Gasteiger charge is -2.36. The number of rotatable bonds is 8. The number of nitrogen functional groups attached to an aromatic ring is 1. The van der Waals surface area contributed by atoms with Gasteiger partial charge in [-0.05, 0) is 78.4 Å². The zero-order chi connectivity index (χ0) is 23.8. The highest BCUT2D eigenvalue weighted by molar-refractivity contribution is 6.29. The summed E-state index contributed by atoms with van der Waals surface area (Å²) in [6.07, 6.45) is 8.97. The Bertz CT molecular complexity index is 738. The SMILES string of the molecule is CC(C)(C)OC(=O)N(CCCN1CCC(CNc2nc(N)cc(Cl)n2)CC1)C1CCCCC1. The first kappa shape index (κ1) is 25.8. The predicted octanol–water partition coefficient (Wildman–Crippen LogP) is 4.80. The number of carbonyl (C=O) groups excluding carboxylic acids is 1. The zero-order valence-corrected chi connectivity index (χ0v) is 21.2. The van der Waals surface area contributed by atoms with Crippen LogP contribution in [0.25, 0.3) is 0 Å². The number of ether oxygens (including phenoxy) is 1. The number of anilines is 2. The normalized spacial score (nSPS) is 18.8. The molecule has 0 radical (unpaired) electrons. The van der Waals surface area contributed by atoms with E-state index in [0.717, 1.165) is 64.8 Å². The van der Waals surface area contributed by atoms with Gasteiger partial charge in [0.1, 0.15) is 16.6 Å². The molecule has 0 bridgehead atoms. The Morgan fingerprint density at radius 3 is 2.55 bits per heavy atom. The Morgan fingerprint density at radius 2 is 1.91 bits per heavy atom. The Morgan fingerprint density at radius 1 is 1.21 bits per heavy atom. The summed E-state index contributed by atoms with van der Waals surface area (Å²) in [7, 11) is 0. The number of hydrogen-bond donors (Lipinski definition) is 2. The van der Waals surface area contributed by atoms with Gasteiger partial charge < -0.3 is 25.6 Å². The van der Waals surface area contributed by atoms with Crippen LogP contribution in [0.4, 0.5) is 16.6 Å². The summed E-state index contributed by atoms with van der Waals surface area (Å²) in [5, 5.41) is 3.63. The Balaban J connectivity index is 1.40. The molecule has 9 heteroatoms. The minimum Gasteiger partial charge on any atom is -0.444 e. The Hall–Kier alpha value is -1.80. The van der Waals surface area contributed by atoms with Crippen LogP contribution in [0.15, 0.2) is 6.07 Å². The second-order valence-corrected chi connectivity index (χ2v) is 10.8. The zero-order valence-electron chi connectivity index (χ0n) is 20.5. The Labute approximate surface area is 203 Å². The van der Waals surface area contributed by atoms with E-state index in [9.17, 15) is 4.79 Å². The highest BCUT2D eigenvalue weighted by atomic mass is 35.5. The van der Waals surface area contributed by atoms with Crippen molar-refractivity contribution in [2.24, 2.45) is 5.92 Å². The maximum absolute atomic E-state index is 12.9. The topological polar surface area (TPSA) is 96.6 Å². The van der Waals surface area contributed by atoms with Crippen molar-refractivity contribution in [2.75, 3.05) is 43.8 Å². The summed E-state index contributed by atoms with van der Waals surface area (Å²) in [5.41, 5.74) is 5.28. The summed E-state index contributed by atoms with van der Waals surface area (Å²) in [5.74, 6) is 1.44. The molecule has 2 heterocycles. The molecule has 1 aliphatic carbocycles. The van der Waals surface area contributed by atoms with E-state index in [0.29, 0.717) is 28.9 Å². The van der Waals surface area contributed by atoms with Crippen LogP contribution in [0.2, 0.25) is 5.15 Å². The summed E-state index contributed by atoms with van der Waals surface area (Å²) in [6.45, 7) is 10.6. The molecule has 1 saturated carbocycles. The molecule has 1 aromatic heterocycles. The minimum atomic E-state index is -0.457. The van der Waals surface area contributed by atoms with E-state index in [4.69, 9.17) is 22.1 Å². The second kappa shape index (κ2) is 12.1. The van der Waals surface area contributed by atoms with Crippen molar-refractivity contribution in [3.8, 4) is 0 Å². The molecular formula is C24H41ClN6O2. The van der Waals surface area contributed by atoms with Gasteiger partial charge in [0.05, 0.1) is 0 Å². The van der Waals surface area contributed by atoms with E-state index in [1.807, 2.05) is 25.7 Å². The van der Waals surface area contributed by atoms with E-state index < -0.39 is 5.60 Å². The maximum Gasteiger partial charge on any atom is 0.410 e. The van der Waals surface area contributed by atoms with Gasteiger partial charge in [0, 0.05) is 25.2 Å². The monoisotopic (exact) mass is 480 g/mol. The fraction of sp³-hybridized carbons (Fsp3) is 0.792. The molecule has 1 saturated heterocycles. The first-order chi connectivity index (χ1) is 15.7. The molecule has 3 N–H and O–H groups in total. The molecule has 186 valence electrons. The number of aromatic nitrogens is 2. The van der Waals surface area contributed by atoms with E-state index >= 15 is 0 Å². The molecule has 1 aromatic rings. The van der Waals surface area contributed by atoms with Crippen molar-refractivity contribution in [3.63, 3.8) is 0 Å². The quantitative estimate of drug-likeness (QED) is 0.516. The molecule has 2 fully saturated rings. The third-order valence-corrected chi connectivity index (χ3v) is 6.68. The molecule has 0 unspecified atom stereocenters. The number of halogens is 1.